The number of rotatable bonds is 6. The van der Waals surface area contributed by atoms with Gasteiger partial charge in [-0.1, -0.05) is 297 Å². The third-order valence-corrected chi connectivity index (χ3v) is 31.7. The third-order valence-electron chi connectivity index (χ3n) is 31.7. The van der Waals surface area contributed by atoms with Gasteiger partial charge in [-0.2, -0.15) is 0 Å². The van der Waals surface area contributed by atoms with Crippen LogP contribution in [0.25, 0.3) is 311 Å². The normalized spacial score (nSPS) is 12.4. The first-order chi connectivity index (χ1) is 72.5. The minimum absolute atomic E-state index is 0.605. The molecular formula is C133H75N13. The van der Waals surface area contributed by atoms with Crippen LogP contribution in [0.3, 0.4) is 0 Å². The van der Waals surface area contributed by atoms with Crippen LogP contribution in [-0.4, -0.2) is 56.0 Å². The summed E-state index contributed by atoms with van der Waals surface area (Å²) >= 11 is 0. The SMILES string of the molecule is [C-]#[N+]c1ccc(-c2nc(-n3c4ccccc4c4cc5c6ccccc6n6c7c8ccccc8ccc7c(c43)c56)nc3ccccc23)cc1.c1ccc2c(c1)ccc1c3c4c(cc5c6ccccc6n(c21)c53)c1ccccc1n4-c1ccc(-n2c3ccccc3c3cccnc32)cc1.c1ccc2c(c1)ccc1c3c4c(cc5c6ccccc6n(c21)c53)c1ccccc1n4-c1ccc(-n2c3ccccc3c3ccncc32)cc1. The molecule has 672 valence electrons. The van der Waals surface area contributed by atoms with Crippen molar-refractivity contribution in [3.05, 3.63) is 467 Å². The zero-order chi connectivity index (χ0) is 95.1. The Bertz CT molecular complexity index is 11400. The summed E-state index contributed by atoms with van der Waals surface area (Å²) in [4.78, 5) is 23.5. The van der Waals surface area contributed by atoms with E-state index < -0.39 is 0 Å². The van der Waals surface area contributed by atoms with E-state index in [0.717, 1.165) is 78.0 Å². The van der Waals surface area contributed by atoms with Crippen LogP contribution in [0.2, 0.25) is 0 Å². The van der Waals surface area contributed by atoms with Crippen LogP contribution in [0, 0.1) is 6.57 Å². The van der Waals surface area contributed by atoms with Crippen molar-refractivity contribution in [3.63, 3.8) is 0 Å². The fourth-order valence-corrected chi connectivity index (χ4v) is 25.7. The van der Waals surface area contributed by atoms with Crippen molar-refractivity contribution < 1.29 is 0 Å². The summed E-state index contributed by atoms with van der Waals surface area (Å²) in [5.74, 6) is 0.622. The summed E-state index contributed by atoms with van der Waals surface area (Å²) in [6.07, 6.45) is 5.74. The number of benzene rings is 21. The molecule has 0 radical (unpaired) electrons. The molecule has 0 aliphatic carbocycles. The van der Waals surface area contributed by atoms with Gasteiger partial charge in [0.05, 0.1) is 123 Å². The molecule has 0 spiro atoms. The molecule has 0 unspecified atom stereocenters. The van der Waals surface area contributed by atoms with Gasteiger partial charge in [-0.15, -0.1) is 0 Å². The van der Waals surface area contributed by atoms with Crippen molar-refractivity contribution in [2.75, 3.05) is 0 Å². The lowest BCUT2D eigenvalue weighted by Gasteiger charge is -2.12. The van der Waals surface area contributed by atoms with Crippen molar-refractivity contribution >= 4 is 272 Å². The molecule has 13 nitrogen and oxygen atoms in total. The lowest BCUT2D eigenvalue weighted by molar-refractivity contribution is 1.02. The van der Waals surface area contributed by atoms with Crippen LogP contribution in [0.15, 0.2) is 455 Å². The molecular weight excluding hydrogens is 1780 g/mol. The van der Waals surface area contributed by atoms with Gasteiger partial charge in [-0.25, -0.2) is 19.8 Å². The average Bonchev–Trinajstić information content (AvgIpc) is 1.52. The highest BCUT2D eigenvalue weighted by Crippen LogP contribution is 2.54. The number of fused-ring (bicyclic) bond motifs is 43. The highest BCUT2D eigenvalue weighted by Gasteiger charge is 2.32. The second kappa shape index (κ2) is 29.5. The van der Waals surface area contributed by atoms with Crippen LogP contribution >= 0.6 is 0 Å². The highest BCUT2D eigenvalue weighted by molar-refractivity contribution is 6.40. The van der Waals surface area contributed by atoms with E-state index in [1.165, 1.54) is 223 Å². The maximum absolute atomic E-state index is 7.46. The Morgan fingerprint density at radius 2 is 0.527 bits per heavy atom. The van der Waals surface area contributed by atoms with Gasteiger partial charge in [0.25, 0.3) is 0 Å². The quantitative estimate of drug-likeness (QED) is 0.155. The maximum atomic E-state index is 7.46. The standard InChI is InChI=1S/2C45H26N4.C43H23N5/c1-2-11-30-27(10-1)19-24-35-41-43-36(26-37-33-14-5-8-18-40(33)49(42(30)35)44(37)41)32-13-4-6-16-38(32)47(43)28-20-22-29(23-21-28)48-39-17-7-3-12-31(39)34-15-9-25-46-45(34)48;1-2-10-30-27(9-1)17-22-35-42-44-36(25-37-33-13-5-8-16-40(33)49(43(30)35)45(37)42)32-12-4-7-15-39(32)48(44)29-20-18-28(19-21-29)47-38-14-6-3-11-31(38)34-23-24-46-26-41(34)47;1-44-27-21-18-26(19-22-27)39-31-14-4-7-15-35(31)45-43(46-39)48-37-17-9-6-13-30(37)34-24-33-29-12-5-8-16-36(29)47-40-28-11-3-2-10-25(28)20-23-32(40)38(41(33)47)42(34)48/h2*1-26H;2-24H. The smallest absolute Gasteiger partial charge is 0.235 e. The van der Waals surface area contributed by atoms with Crippen molar-refractivity contribution in [1.82, 2.24) is 56.0 Å². The maximum Gasteiger partial charge on any atom is 0.235 e. The molecule has 0 bridgehead atoms. The van der Waals surface area contributed by atoms with Gasteiger partial charge in [0, 0.05) is 175 Å². The van der Waals surface area contributed by atoms with E-state index in [0.29, 0.717) is 11.6 Å². The van der Waals surface area contributed by atoms with E-state index in [2.05, 4.69) is 440 Å². The Labute approximate surface area is 829 Å². The Kier molecular flexibility index (Phi) is 15.9. The summed E-state index contributed by atoms with van der Waals surface area (Å²) in [5.41, 5.74) is 30.5. The van der Waals surface area contributed by atoms with Crippen molar-refractivity contribution in [2.45, 2.75) is 0 Å². The molecule has 21 aromatic carbocycles. The van der Waals surface area contributed by atoms with Crippen LogP contribution in [0.5, 0.6) is 0 Å². The van der Waals surface area contributed by atoms with Crippen molar-refractivity contribution in [2.24, 2.45) is 0 Å². The number of hydrogen-bond acceptors (Lipinski definition) is 4. The van der Waals surface area contributed by atoms with Gasteiger partial charge < -0.3 is 26.9 Å². The molecule has 0 N–H and O–H groups in total. The predicted molar refractivity (Wildman–Crippen MR) is 608 cm³/mol. The summed E-state index contributed by atoms with van der Waals surface area (Å²) in [7, 11) is 0. The van der Waals surface area contributed by atoms with Crippen LogP contribution in [0.1, 0.15) is 0 Å². The van der Waals surface area contributed by atoms with Gasteiger partial charge in [0.1, 0.15) is 5.65 Å². The second-order valence-corrected chi connectivity index (χ2v) is 38.8. The number of pyridine rings is 2. The molecule has 35 aromatic rings. The van der Waals surface area contributed by atoms with Gasteiger partial charge >= 0.3 is 0 Å². The molecule has 146 heavy (non-hydrogen) atoms. The van der Waals surface area contributed by atoms with E-state index in [-0.39, 0.29) is 0 Å². The molecule has 13 heteroatoms. The summed E-state index contributed by atoms with van der Waals surface area (Å²) < 4.78 is 19.4. The largest absolute Gasteiger partial charge is 0.309 e. The van der Waals surface area contributed by atoms with Crippen LogP contribution in [-0.2, 0) is 0 Å². The lowest BCUT2D eigenvalue weighted by atomic mass is 10.0. The van der Waals surface area contributed by atoms with Gasteiger partial charge in [0.15, 0.2) is 5.69 Å². The number of para-hydroxylation sites is 9. The molecule has 0 aliphatic heterocycles. The van der Waals surface area contributed by atoms with E-state index in [4.69, 9.17) is 21.5 Å². The molecule has 0 saturated heterocycles. The minimum Gasteiger partial charge on any atom is -0.309 e. The van der Waals surface area contributed by atoms with Gasteiger partial charge in [-0.3, -0.25) is 14.1 Å². The number of hydrogen-bond donors (Lipinski definition) is 0. The monoisotopic (exact) mass is 1850 g/mol. The molecule has 14 heterocycles. The molecule has 0 amide bonds. The fourth-order valence-electron chi connectivity index (χ4n) is 25.7. The molecule has 14 aromatic heterocycles. The third kappa shape index (κ3) is 10.6. The molecule has 35 rings (SSSR count). The van der Waals surface area contributed by atoms with Crippen molar-refractivity contribution in [3.8, 4) is 40.0 Å². The first-order valence-electron chi connectivity index (χ1n) is 49.7. The first kappa shape index (κ1) is 78.8. The second-order valence-electron chi connectivity index (χ2n) is 38.8. The average molecular weight is 1860 g/mol. The van der Waals surface area contributed by atoms with E-state index in [1.807, 2.05) is 61.1 Å². The lowest BCUT2D eigenvalue weighted by Crippen LogP contribution is -2.03. The van der Waals surface area contributed by atoms with Crippen LogP contribution in [0.4, 0.5) is 5.69 Å². The molecule has 0 fully saturated rings. The Morgan fingerprint density at radius 1 is 0.205 bits per heavy atom. The number of nitrogens with zero attached hydrogens (tertiary/aromatic N) is 13. The van der Waals surface area contributed by atoms with E-state index in [1.54, 1.807) is 0 Å². The molecule has 0 saturated carbocycles. The minimum atomic E-state index is 0.605. The van der Waals surface area contributed by atoms with Gasteiger partial charge in [0.2, 0.25) is 5.95 Å². The molecule has 0 atom stereocenters. The predicted octanol–water partition coefficient (Wildman–Crippen LogP) is 34.4. The van der Waals surface area contributed by atoms with Gasteiger partial charge in [-0.05, 0) is 161 Å². The summed E-state index contributed by atoms with van der Waals surface area (Å²) in [6, 6.07) is 158. The summed E-state index contributed by atoms with van der Waals surface area (Å²) in [5, 5.41) is 36.0. The highest BCUT2D eigenvalue weighted by atomic mass is 15.2. The Balaban J connectivity index is 0.0000000958. The van der Waals surface area contributed by atoms with Crippen LogP contribution < -0.4 is 0 Å². The zero-order valence-electron chi connectivity index (χ0n) is 78.1. The summed E-state index contributed by atoms with van der Waals surface area (Å²) in [6.45, 7) is 7.46. The van der Waals surface area contributed by atoms with E-state index >= 15 is 0 Å². The fraction of sp³-hybridized carbons (Fsp3) is 0. The van der Waals surface area contributed by atoms with E-state index in [9.17, 15) is 0 Å². The first-order valence-corrected chi connectivity index (χ1v) is 49.7. The number of aromatic nitrogens is 12. The molecule has 0 aliphatic rings. The van der Waals surface area contributed by atoms with Crippen molar-refractivity contribution in [1.29, 1.82) is 0 Å². The topological polar surface area (TPSA) is 93.8 Å². The Hall–Kier alpha value is -20.1. The zero-order valence-corrected chi connectivity index (χ0v) is 78.1. The Morgan fingerprint density at radius 3 is 0.966 bits per heavy atom.